The Balaban J connectivity index is 1.41. The molecule has 2 aliphatic heterocycles. The summed E-state index contributed by atoms with van der Waals surface area (Å²) in [6.07, 6.45) is 0.419. The molecule has 0 amide bonds. The lowest BCUT2D eigenvalue weighted by Gasteiger charge is -2.44. The molecule has 3 N–H and O–H groups in total. The van der Waals surface area contributed by atoms with Gasteiger partial charge in [0.25, 0.3) is 0 Å². The second-order valence-corrected chi connectivity index (χ2v) is 9.34. The van der Waals surface area contributed by atoms with Crippen molar-refractivity contribution in [1.29, 1.82) is 0 Å². The fourth-order valence-electron chi connectivity index (χ4n) is 5.16. The van der Waals surface area contributed by atoms with Gasteiger partial charge in [-0.25, -0.2) is 9.38 Å². The first-order valence-electron chi connectivity index (χ1n) is 11.8. The van der Waals surface area contributed by atoms with Crippen LogP contribution in [-0.4, -0.2) is 58.3 Å². The summed E-state index contributed by atoms with van der Waals surface area (Å²) in [7, 11) is 0. The van der Waals surface area contributed by atoms with Crippen molar-refractivity contribution in [2.45, 2.75) is 75.3 Å². The van der Waals surface area contributed by atoms with Crippen molar-refractivity contribution in [2.24, 2.45) is 4.99 Å². The molecule has 1 saturated heterocycles. The highest BCUT2D eigenvalue weighted by molar-refractivity contribution is 5.76. The first kappa shape index (κ1) is 23.2. The third-order valence-electron chi connectivity index (χ3n) is 6.94. The van der Waals surface area contributed by atoms with Crippen molar-refractivity contribution in [3.8, 4) is 5.75 Å². The van der Waals surface area contributed by atoms with Crippen LogP contribution in [0.15, 0.2) is 47.5 Å². The Bertz CT molecular complexity index is 1050. The third-order valence-corrected chi connectivity index (χ3v) is 6.94. The number of aliphatic hydroxyl groups is 3. The van der Waals surface area contributed by atoms with Crippen molar-refractivity contribution in [1.82, 2.24) is 0 Å². The molecular weight excluding hydrogens is 441 g/mol. The Kier molecular flexibility index (Phi) is 6.33. The quantitative estimate of drug-likeness (QED) is 0.599. The number of aliphatic imine (C=N–C) groups is 1. The number of rotatable bonds is 6. The van der Waals surface area contributed by atoms with E-state index >= 15 is 0 Å². The molecule has 2 heterocycles. The van der Waals surface area contributed by atoms with E-state index in [1.165, 1.54) is 25.0 Å². The smallest absolute Gasteiger partial charge is 0.228 e. The fraction of sp³-hybridized carbons (Fsp3) is 0.500. The Morgan fingerprint density at radius 3 is 2.53 bits per heavy atom. The molecule has 1 aliphatic carbocycles. The summed E-state index contributed by atoms with van der Waals surface area (Å²) in [5.41, 5.74) is 0.341. The Morgan fingerprint density at radius 2 is 1.82 bits per heavy atom. The van der Waals surface area contributed by atoms with Crippen LogP contribution in [0.25, 0.3) is 0 Å². The summed E-state index contributed by atoms with van der Waals surface area (Å²) in [6.45, 7) is 1.11. The number of nitrogens with zero attached hydrogens (tertiary/aromatic N) is 1. The van der Waals surface area contributed by atoms with Crippen molar-refractivity contribution in [3.63, 3.8) is 0 Å². The molecule has 8 heteroatoms. The maximum Gasteiger partial charge on any atom is 0.228 e. The third kappa shape index (κ3) is 4.20. The predicted octanol–water partition coefficient (Wildman–Crippen LogP) is 2.82. The SMILES string of the molecule is CC1=NC2(c3ccc(F)c(Cc4ccc(OC5CCCC5)cc4)c3)O[C@H](CO)[C@@H](O)[C@H](O)C2O1. The van der Waals surface area contributed by atoms with Gasteiger partial charge in [-0.2, -0.15) is 0 Å². The van der Waals surface area contributed by atoms with Crippen LogP contribution in [0.1, 0.15) is 49.3 Å². The molecule has 2 aromatic rings. The van der Waals surface area contributed by atoms with Crippen LogP contribution in [0.2, 0.25) is 0 Å². The van der Waals surface area contributed by atoms with Gasteiger partial charge in [0, 0.05) is 18.9 Å². The largest absolute Gasteiger partial charge is 0.490 e. The normalized spacial score (nSPS) is 31.1. The molecule has 182 valence electrons. The number of aliphatic hydroxyl groups excluding tert-OH is 3. The van der Waals surface area contributed by atoms with Crippen LogP contribution in [0.5, 0.6) is 5.75 Å². The van der Waals surface area contributed by atoms with Gasteiger partial charge in [-0.05, 0) is 61.1 Å². The van der Waals surface area contributed by atoms with Crippen LogP contribution < -0.4 is 4.74 Å². The minimum absolute atomic E-state index is 0.275. The molecule has 5 rings (SSSR count). The van der Waals surface area contributed by atoms with E-state index in [1.54, 1.807) is 13.0 Å². The number of hydrogen-bond donors (Lipinski definition) is 3. The molecule has 3 aliphatic rings. The number of halogens is 1. The van der Waals surface area contributed by atoms with Gasteiger partial charge in [-0.3, -0.25) is 0 Å². The molecular formula is C26H30FNO6. The molecule has 0 aromatic heterocycles. The van der Waals surface area contributed by atoms with Crippen molar-refractivity contribution >= 4 is 5.90 Å². The van der Waals surface area contributed by atoms with Crippen LogP contribution in [-0.2, 0) is 21.6 Å². The highest BCUT2D eigenvalue weighted by Gasteiger charge is 2.59. The lowest BCUT2D eigenvalue weighted by molar-refractivity contribution is -0.262. The summed E-state index contributed by atoms with van der Waals surface area (Å²) in [5, 5.41) is 30.6. The standard InChI is InChI=1S/C26H30FNO6/c1-15-28-26(25(32-15)24(31)23(30)22(14-29)34-26)18-8-11-21(27)17(13-18)12-16-6-9-20(10-7-16)33-19-4-2-3-5-19/h6-11,13,19,22-25,29-31H,2-5,12,14H2,1H3/t22-,23-,24+,25?,26?/m1/s1. The first-order valence-corrected chi connectivity index (χ1v) is 11.8. The second-order valence-electron chi connectivity index (χ2n) is 9.34. The topological polar surface area (TPSA) is 101 Å². The van der Waals surface area contributed by atoms with Gasteiger partial charge < -0.3 is 29.5 Å². The Morgan fingerprint density at radius 1 is 1.09 bits per heavy atom. The maximum atomic E-state index is 14.8. The molecule has 0 bridgehead atoms. The van der Waals surface area contributed by atoms with E-state index in [2.05, 4.69) is 4.99 Å². The highest BCUT2D eigenvalue weighted by atomic mass is 19.1. The van der Waals surface area contributed by atoms with Gasteiger partial charge in [-0.15, -0.1) is 0 Å². The summed E-state index contributed by atoms with van der Waals surface area (Å²) in [6, 6.07) is 12.2. The van der Waals surface area contributed by atoms with Crippen LogP contribution in [0.3, 0.4) is 0 Å². The average molecular weight is 472 g/mol. The number of benzene rings is 2. The first-order chi connectivity index (χ1) is 16.4. The minimum atomic E-state index is -1.49. The molecule has 2 unspecified atom stereocenters. The summed E-state index contributed by atoms with van der Waals surface area (Å²) >= 11 is 0. The monoisotopic (exact) mass is 471 g/mol. The predicted molar refractivity (Wildman–Crippen MR) is 122 cm³/mol. The number of ether oxygens (including phenoxy) is 3. The van der Waals surface area contributed by atoms with Gasteiger partial charge in [-0.1, -0.05) is 18.2 Å². The highest BCUT2D eigenvalue weighted by Crippen LogP contribution is 2.45. The molecule has 2 fully saturated rings. The molecule has 34 heavy (non-hydrogen) atoms. The van der Waals surface area contributed by atoms with Gasteiger partial charge in [0.05, 0.1) is 12.7 Å². The number of fused-ring (bicyclic) bond motifs is 1. The van der Waals surface area contributed by atoms with Gasteiger partial charge in [0.15, 0.2) is 12.0 Å². The zero-order valence-corrected chi connectivity index (χ0v) is 19.1. The van der Waals surface area contributed by atoms with E-state index in [9.17, 15) is 19.7 Å². The minimum Gasteiger partial charge on any atom is -0.490 e. The van der Waals surface area contributed by atoms with Crippen LogP contribution in [0, 0.1) is 5.82 Å². The molecule has 0 radical (unpaired) electrons. The molecule has 2 aromatic carbocycles. The van der Waals surface area contributed by atoms with Gasteiger partial charge in [0.2, 0.25) is 5.72 Å². The Labute approximate surface area is 197 Å². The molecule has 7 nitrogen and oxygen atoms in total. The van der Waals surface area contributed by atoms with Crippen LogP contribution >= 0.6 is 0 Å². The summed E-state index contributed by atoms with van der Waals surface area (Å²) in [5.74, 6) is 0.717. The van der Waals surface area contributed by atoms with Crippen molar-refractivity contribution < 1.29 is 33.9 Å². The maximum absolute atomic E-state index is 14.8. The van der Waals surface area contributed by atoms with Crippen LogP contribution in [0.4, 0.5) is 4.39 Å². The molecule has 5 atom stereocenters. The summed E-state index contributed by atoms with van der Waals surface area (Å²) < 4.78 is 32.5. The van der Waals surface area contributed by atoms with Crippen molar-refractivity contribution in [3.05, 3.63) is 65.0 Å². The average Bonchev–Trinajstić information content (AvgIpc) is 3.46. The lowest BCUT2D eigenvalue weighted by atomic mass is 9.85. The van der Waals surface area contributed by atoms with Crippen molar-refractivity contribution in [2.75, 3.05) is 6.61 Å². The molecule has 0 spiro atoms. The van der Waals surface area contributed by atoms with E-state index in [0.29, 0.717) is 17.5 Å². The van der Waals surface area contributed by atoms with Gasteiger partial charge >= 0.3 is 0 Å². The van der Waals surface area contributed by atoms with E-state index in [4.69, 9.17) is 14.2 Å². The Hall–Kier alpha value is -2.52. The van der Waals surface area contributed by atoms with E-state index < -0.39 is 36.7 Å². The fourth-order valence-corrected chi connectivity index (χ4v) is 5.16. The zero-order valence-electron chi connectivity index (χ0n) is 19.1. The van der Waals surface area contributed by atoms with Gasteiger partial charge in [0.1, 0.15) is 29.9 Å². The second kappa shape index (κ2) is 9.26. The van der Waals surface area contributed by atoms with E-state index in [0.717, 1.165) is 24.2 Å². The zero-order chi connectivity index (χ0) is 23.9. The van der Waals surface area contributed by atoms with E-state index in [-0.39, 0.29) is 17.8 Å². The number of hydrogen-bond acceptors (Lipinski definition) is 7. The molecule has 1 saturated carbocycles. The lowest BCUT2D eigenvalue weighted by Crippen LogP contribution is -2.61. The van der Waals surface area contributed by atoms with E-state index in [1.807, 2.05) is 24.3 Å². The summed E-state index contributed by atoms with van der Waals surface area (Å²) in [4.78, 5) is 4.48.